The van der Waals surface area contributed by atoms with Crippen molar-refractivity contribution in [3.63, 3.8) is 0 Å². The van der Waals surface area contributed by atoms with Gasteiger partial charge in [-0.1, -0.05) is 320 Å². The summed E-state index contributed by atoms with van der Waals surface area (Å²) in [4.78, 5) is 13.5. The van der Waals surface area contributed by atoms with E-state index in [9.17, 15) is 61.0 Å². The maximum atomic E-state index is 13.5. The zero-order chi connectivity index (χ0) is 72.5. The molecule has 100 heavy (non-hydrogen) atoms. The lowest BCUT2D eigenvalue weighted by Gasteiger charge is -2.48. The summed E-state index contributed by atoms with van der Waals surface area (Å²) in [6, 6.07) is -0.889. The van der Waals surface area contributed by atoms with Crippen LogP contribution in [0.2, 0.25) is 0 Å². The highest BCUT2D eigenvalue weighted by Gasteiger charge is 2.54. The van der Waals surface area contributed by atoms with Crippen LogP contribution in [0.15, 0.2) is 36.5 Å². The van der Waals surface area contributed by atoms with Crippen LogP contribution < -0.4 is 5.32 Å². The van der Waals surface area contributed by atoms with Crippen molar-refractivity contribution in [1.29, 1.82) is 0 Å². The predicted molar refractivity (Wildman–Crippen MR) is 397 cm³/mol. The molecule has 3 aliphatic heterocycles. The molecule has 3 saturated heterocycles. The van der Waals surface area contributed by atoms with E-state index < -0.39 is 124 Å². The highest BCUT2D eigenvalue weighted by molar-refractivity contribution is 5.76. The molecule has 12 N–H and O–H groups in total. The van der Waals surface area contributed by atoms with Crippen LogP contribution in [0.5, 0.6) is 0 Å². The molecule has 1 amide bonds. The first-order valence-corrected chi connectivity index (χ1v) is 41.2. The lowest BCUT2D eigenvalue weighted by atomic mass is 9.96. The fourth-order valence-electron chi connectivity index (χ4n) is 14.1. The minimum atomic E-state index is -1.97. The number of carbonyl (C=O) groups is 1. The Kier molecular flexibility index (Phi) is 57.3. The summed E-state index contributed by atoms with van der Waals surface area (Å²) < 4.78 is 34.5. The largest absolute Gasteiger partial charge is 0.394 e. The molecule has 0 aromatic rings. The number of unbranched alkanes of at least 4 members (excludes halogenated alkanes) is 44. The molecule has 0 spiro atoms. The number of nitrogens with one attached hydrogen (secondary N) is 1. The molecule has 19 nitrogen and oxygen atoms in total. The van der Waals surface area contributed by atoms with Crippen LogP contribution >= 0.6 is 0 Å². The van der Waals surface area contributed by atoms with E-state index in [0.29, 0.717) is 12.8 Å². The molecular formula is C81H151NO18. The third-order valence-electron chi connectivity index (χ3n) is 20.7. The van der Waals surface area contributed by atoms with E-state index >= 15 is 0 Å². The van der Waals surface area contributed by atoms with Gasteiger partial charge in [-0.2, -0.15) is 0 Å². The van der Waals surface area contributed by atoms with Gasteiger partial charge in [0.25, 0.3) is 0 Å². The van der Waals surface area contributed by atoms with Gasteiger partial charge < -0.3 is 89.9 Å². The Balaban J connectivity index is 1.36. The van der Waals surface area contributed by atoms with E-state index in [-0.39, 0.29) is 18.9 Å². The summed E-state index contributed by atoms with van der Waals surface area (Å²) >= 11 is 0. The summed E-state index contributed by atoms with van der Waals surface area (Å²) in [5.41, 5.74) is 0. The first kappa shape index (κ1) is 92.2. The minimum absolute atomic E-state index is 0.238. The van der Waals surface area contributed by atoms with Gasteiger partial charge in [0.05, 0.1) is 38.6 Å². The summed E-state index contributed by atoms with van der Waals surface area (Å²) in [5.74, 6) is -0.238. The average Bonchev–Trinajstić information content (AvgIpc) is 0.783. The molecule has 17 unspecified atom stereocenters. The molecule has 3 fully saturated rings. The number of rotatable bonds is 66. The van der Waals surface area contributed by atoms with Crippen LogP contribution in [-0.4, -0.2) is 193 Å². The molecule has 0 radical (unpaired) electrons. The second kappa shape index (κ2) is 62.1. The van der Waals surface area contributed by atoms with Gasteiger partial charge in [0.15, 0.2) is 18.9 Å². The molecule has 588 valence electrons. The van der Waals surface area contributed by atoms with Gasteiger partial charge >= 0.3 is 0 Å². The number of aliphatic hydroxyl groups excluding tert-OH is 11. The van der Waals surface area contributed by atoms with Crippen molar-refractivity contribution in [3.8, 4) is 0 Å². The normalized spacial score (nSPS) is 26.6. The molecular weight excluding hydrogens is 1270 g/mol. The van der Waals surface area contributed by atoms with Crippen molar-refractivity contribution < 1.29 is 89.4 Å². The molecule has 17 atom stereocenters. The SMILES string of the molecule is CCCCCCC/C=C\C/C=C\C/C=C\CCCCCCCCCCCCCCCCC(=O)NC(COC1OC(CO)C(OC2OC(CO)C(OC3OC(CO)C(O)C(O)C3O)C(O)C2O)C(O)C1O)C(O)CCCCCCCCCCCCCCCCCCCCCCCCCCCC. The van der Waals surface area contributed by atoms with Crippen molar-refractivity contribution in [2.75, 3.05) is 26.4 Å². The summed E-state index contributed by atoms with van der Waals surface area (Å²) in [5, 5.41) is 121. The van der Waals surface area contributed by atoms with Gasteiger partial charge in [-0.05, 0) is 51.4 Å². The molecule has 3 heterocycles. The number of hydrogen-bond acceptors (Lipinski definition) is 18. The Bertz CT molecular complexity index is 1950. The van der Waals surface area contributed by atoms with Crippen molar-refractivity contribution in [2.45, 2.75) is 446 Å². The third-order valence-corrected chi connectivity index (χ3v) is 20.7. The van der Waals surface area contributed by atoms with Crippen molar-refractivity contribution in [2.24, 2.45) is 0 Å². The molecule has 3 aliphatic rings. The highest BCUT2D eigenvalue weighted by atomic mass is 16.8. The maximum Gasteiger partial charge on any atom is 0.220 e. The van der Waals surface area contributed by atoms with Crippen molar-refractivity contribution in [3.05, 3.63) is 36.5 Å². The van der Waals surface area contributed by atoms with Gasteiger partial charge in [0.1, 0.15) is 73.2 Å². The van der Waals surface area contributed by atoms with Crippen LogP contribution in [0.25, 0.3) is 0 Å². The highest BCUT2D eigenvalue weighted by Crippen LogP contribution is 2.33. The fraction of sp³-hybridized carbons (Fsp3) is 0.914. The number of aliphatic hydroxyl groups is 11. The molecule has 3 rings (SSSR count). The van der Waals surface area contributed by atoms with Crippen LogP contribution in [-0.2, 0) is 33.2 Å². The van der Waals surface area contributed by atoms with E-state index in [4.69, 9.17) is 28.4 Å². The number of amides is 1. The molecule has 0 aromatic carbocycles. The van der Waals surface area contributed by atoms with E-state index in [1.807, 2.05) is 0 Å². The van der Waals surface area contributed by atoms with E-state index in [2.05, 4.69) is 55.6 Å². The second-order valence-corrected chi connectivity index (χ2v) is 29.6. The Morgan fingerprint density at radius 2 is 0.660 bits per heavy atom. The fourth-order valence-corrected chi connectivity index (χ4v) is 14.1. The number of carbonyl (C=O) groups excluding carboxylic acids is 1. The Morgan fingerprint density at radius 3 is 1.03 bits per heavy atom. The summed E-state index contributed by atoms with van der Waals surface area (Å²) in [7, 11) is 0. The first-order valence-electron chi connectivity index (χ1n) is 41.2. The van der Waals surface area contributed by atoms with Gasteiger partial charge in [-0.15, -0.1) is 0 Å². The quantitative estimate of drug-likeness (QED) is 0.0199. The monoisotopic (exact) mass is 1430 g/mol. The Morgan fingerprint density at radius 1 is 0.360 bits per heavy atom. The lowest BCUT2D eigenvalue weighted by molar-refractivity contribution is -0.379. The number of ether oxygens (including phenoxy) is 6. The topological polar surface area (TPSA) is 307 Å². The molecule has 0 saturated carbocycles. The lowest BCUT2D eigenvalue weighted by Crippen LogP contribution is -2.66. The summed E-state index contributed by atoms with van der Waals surface area (Å²) in [6.07, 6.45) is 49.4. The standard InChI is InChI=1S/C81H151NO18/c1-3-5-7-9-11-13-15-17-19-21-23-25-27-29-31-32-33-35-37-39-41-43-45-47-49-51-53-55-57-59-69(87)82-64(65(86)58-56-54-52-50-48-46-44-42-40-38-36-34-30-28-26-24-22-20-18-16-14-12-10-8-6-4-2)63-95-79-75(93)72(90)77(67(61-84)97-79)100-81-76(94)73(91)78(68(62-85)98-81)99-80-74(92)71(89)70(88)66(60-83)96-80/h15,17,21,23,27,29,64-68,70-81,83-86,88-94H,3-14,16,18-20,22,24-26,28,30-63H2,1-2H3,(H,82,87)/b17-15-,23-21-,29-27-. The van der Waals surface area contributed by atoms with Crippen LogP contribution in [0.1, 0.15) is 341 Å². The van der Waals surface area contributed by atoms with Gasteiger partial charge in [-0.25, -0.2) is 0 Å². The maximum absolute atomic E-state index is 13.5. The van der Waals surface area contributed by atoms with Crippen LogP contribution in [0.3, 0.4) is 0 Å². The first-order chi connectivity index (χ1) is 48.8. The minimum Gasteiger partial charge on any atom is -0.394 e. The predicted octanol–water partition coefficient (Wildman–Crippen LogP) is 13.9. The molecule has 19 heteroatoms. The summed E-state index contributed by atoms with van der Waals surface area (Å²) in [6.45, 7) is 1.84. The van der Waals surface area contributed by atoms with Crippen molar-refractivity contribution in [1.82, 2.24) is 5.32 Å². The zero-order valence-corrected chi connectivity index (χ0v) is 62.9. The molecule has 0 aromatic heterocycles. The van der Waals surface area contributed by atoms with Crippen LogP contribution in [0.4, 0.5) is 0 Å². The molecule has 0 aliphatic carbocycles. The second-order valence-electron chi connectivity index (χ2n) is 29.6. The molecule has 0 bridgehead atoms. The zero-order valence-electron chi connectivity index (χ0n) is 62.9. The van der Waals surface area contributed by atoms with E-state index in [0.717, 1.165) is 57.8 Å². The number of hydrogen-bond donors (Lipinski definition) is 12. The van der Waals surface area contributed by atoms with Gasteiger partial charge in [0.2, 0.25) is 5.91 Å². The Hall–Kier alpha value is -1.99. The van der Waals surface area contributed by atoms with E-state index in [1.165, 1.54) is 250 Å². The Labute approximate surface area is 606 Å². The van der Waals surface area contributed by atoms with Crippen LogP contribution in [0, 0.1) is 0 Å². The number of allylic oxidation sites excluding steroid dienone is 6. The smallest absolute Gasteiger partial charge is 0.220 e. The average molecular weight is 1430 g/mol. The third kappa shape index (κ3) is 41.8. The van der Waals surface area contributed by atoms with E-state index in [1.54, 1.807) is 0 Å². The van der Waals surface area contributed by atoms with Gasteiger partial charge in [0, 0.05) is 6.42 Å². The van der Waals surface area contributed by atoms with Crippen molar-refractivity contribution >= 4 is 5.91 Å². The van der Waals surface area contributed by atoms with Gasteiger partial charge in [-0.3, -0.25) is 4.79 Å².